The molecule has 1 aromatic carbocycles. The number of nitrogens with two attached hydrogens (primary N) is 1. The Kier molecular flexibility index (Phi) is 4.54. The zero-order valence-electron chi connectivity index (χ0n) is 13.4. The van der Waals surface area contributed by atoms with Gasteiger partial charge in [0.2, 0.25) is 0 Å². The Morgan fingerprint density at radius 3 is 2.00 bits per heavy atom. The van der Waals surface area contributed by atoms with E-state index in [2.05, 4.69) is 38.1 Å². The minimum Gasteiger partial charge on any atom is -0.490 e. The first-order valence-electron chi connectivity index (χ1n) is 8.65. The maximum Gasteiger partial charge on any atom is 0.119 e. The van der Waals surface area contributed by atoms with Crippen molar-refractivity contribution in [1.29, 1.82) is 0 Å². The second kappa shape index (κ2) is 6.39. The molecule has 1 unspecified atom stereocenters. The van der Waals surface area contributed by atoms with Crippen LogP contribution < -0.4 is 10.5 Å². The molecule has 116 valence electrons. The van der Waals surface area contributed by atoms with Crippen molar-refractivity contribution in [3.05, 3.63) is 29.8 Å². The maximum atomic E-state index is 6.51. The summed E-state index contributed by atoms with van der Waals surface area (Å²) in [6.45, 7) is 4.70. The van der Waals surface area contributed by atoms with Gasteiger partial charge >= 0.3 is 0 Å². The van der Waals surface area contributed by atoms with Crippen molar-refractivity contribution in [1.82, 2.24) is 0 Å². The second-order valence-electron chi connectivity index (χ2n) is 7.33. The molecular weight excluding hydrogens is 258 g/mol. The number of rotatable bonds is 5. The molecule has 2 saturated carbocycles. The van der Waals surface area contributed by atoms with Crippen LogP contribution in [0.4, 0.5) is 0 Å². The minimum atomic E-state index is 0.188. The molecule has 0 saturated heterocycles. The highest BCUT2D eigenvalue weighted by Crippen LogP contribution is 2.38. The highest BCUT2D eigenvalue weighted by atomic mass is 16.5. The molecule has 0 radical (unpaired) electrons. The molecule has 0 spiro atoms. The average Bonchev–Trinajstić information content (AvgIpc) is 3.31. The van der Waals surface area contributed by atoms with E-state index in [1.807, 2.05) is 0 Å². The van der Waals surface area contributed by atoms with E-state index < -0.39 is 0 Å². The SMILES string of the molecule is CC(C)C1CCC(C(N)c2ccc(OC3CC3)cc2)CC1. The Bertz CT molecular complexity index is 441. The fraction of sp³-hybridized carbons (Fsp3) is 0.684. The summed E-state index contributed by atoms with van der Waals surface area (Å²) in [7, 11) is 0. The Morgan fingerprint density at radius 2 is 1.48 bits per heavy atom. The molecule has 2 N–H and O–H groups in total. The van der Waals surface area contributed by atoms with Crippen LogP contribution in [-0.2, 0) is 0 Å². The van der Waals surface area contributed by atoms with Gasteiger partial charge in [0.15, 0.2) is 0 Å². The monoisotopic (exact) mass is 287 g/mol. The third-order valence-corrected chi connectivity index (χ3v) is 5.36. The van der Waals surface area contributed by atoms with E-state index in [9.17, 15) is 0 Å². The molecule has 0 heterocycles. The first kappa shape index (κ1) is 14.9. The molecule has 0 bridgehead atoms. The van der Waals surface area contributed by atoms with Crippen LogP contribution in [0.15, 0.2) is 24.3 Å². The predicted octanol–water partition coefficient (Wildman–Crippen LogP) is 4.69. The largest absolute Gasteiger partial charge is 0.490 e. The normalized spacial score (nSPS) is 27.6. The summed E-state index contributed by atoms with van der Waals surface area (Å²) in [6.07, 6.45) is 8.14. The van der Waals surface area contributed by atoms with Crippen molar-refractivity contribution in [2.24, 2.45) is 23.5 Å². The smallest absolute Gasteiger partial charge is 0.119 e. The molecule has 2 nitrogen and oxygen atoms in total. The van der Waals surface area contributed by atoms with E-state index in [-0.39, 0.29) is 6.04 Å². The van der Waals surface area contributed by atoms with E-state index in [0.717, 1.165) is 17.6 Å². The van der Waals surface area contributed by atoms with Crippen molar-refractivity contribution in [2.75, 3.05) is 0 Å². The molecule has 21 heavy (non-hydrogen) atoms. The highest BCUT2D eigenvalue weighted by Gasteiger charge is 2.28. The van der Waals surface area contributed by atoms with Crippen molar-refractivity contribution in [2.45, 2.75) is 64.5 Å². The summed E-state index contributed by atoms with van der Waals surface area (Å²) in [5.74, 6) is 3.37. The summed E-state index contributed by atoms with van der Waals surface area (Å²) in [4.78, 5) is 0. The molecule has 2 aliphatic carbocycles. The lowest BCUT2D eigenvalue weighted by Crippen LogP contribution is -2.27. The molecule has 2 fully saturated rings. The fourth-order valence-electron chi connectivity index (χ4n) is 3.59. The molecule has 3 rings (SSSR count). The van der Waals surface area contributed by atoms with E-state index in [4.69, 9.17) is 10.5 Å². The summed E-state index contributed by atoms with van der Waals surface area (Å²) in [5, 5.41) is 0. The van der Waals surface area contributed by atoms with Crippen molar-refractivity contribution in [3.8, 4) is 5.75 Å². The molecule has 1 atom stereocenters. The fourth-order valence-corrected chi connectivity index (χ4v) is 3.59. The van der Waals surface area contributed by atoms with Gasteiger partial charge in [0.1, 0.15) is 5.75 Å². The summed E-state index contributed by atoms with van der Waals surface area (Å²) in [5.41, 5.74) is 7.78. The zero-order chi connectivity index (χ0) is 14.8. The third-order valence-electron chi connectivity index (χ3n) is 5.36. The average molecular weight is 287 g/mol. The molecule has 0 aliphatic heterocycles. The van der Waals surface area contributed by atoms with Crippen LogP contribution >= 0.6 is 0 Å². The number of hydrogen-bond acceptors (Lipinski definition) is 2. The first-order chi connectivity index (χ1) is 10.1. The Labute approximate surface area is 129 Å². The predicted molar refractivity (Wildman–Crippen MR) is 87.3 cm³/mol. The van der Waals surface area contributed by atoms with Crippen molar-refractivity contribution < 1.29 is 4.74 Å². The van der Waals surface area contributed by atoms with Crippen LogP contribution in [0.3, 0.4) is 0 Å². The van der Waals surface area contributed by atoms with Crippen LogP contribution in [0, 0.1) is 17.8 Å². The van der Waals surface area contributed by atoms with Crippen LogP contribution in [0.2, 0.25) is 0 Å². The summed E-state index contributed by atoms with van der Waals surface area (Å²) < 4.78 is 5.81. The van der Waals surface area contributed by atoms with Gasteiger partial charge in [-0.3, -0.25) is 0 Å². The molecular formula is C19H29NO. The van der Waals surface area contributed by atoms with E-state index >= 15 is 0 Å². The third kappa shape index (κ3) is 3.79. The van der Waals surface area contributed by atoms with Crippen LogP contribution in [0.25, 0.3) is 0 Å². The number of ether oxygens (including phenoxy) is 1. The molecule has 0 amide bonds. The Morgan fingerprint density at radius 1 is 0.905 bits per heavy atom. The Balaban J connectivity index is 1.56. The maximum absolute atomic E-state index is 6.51. The van der Waals surface area contributed by atoms with Crippen molar-refractivity contribution in [3.63, 3.8) is 0 Å². The lowest BCUT2D eigenvalue weighted by molar-refractivity contribution is 0.203. The molecule has 2 heteroatoms. The van der Waals surface area contributed by atoms with Crippen LogP contribution in [0.1, 0.15) is 64.0 Å². The van der Waals surface area contributed by atoms with E-state index in [1.54, 1.807) is 0 Å². The summed E-state index contributed by atoms with van der Waals surface area (Å²) >= 11 is 0. The van der Waals surface area contributed by atoms with Gasteiger partial charge < -0.3 is 10.5 Å². The second-order valence-corrected chi connectivity index (χ2v) is 7.33. The van der Waals surface area contributed by atoms with Gasteiger partial charge in [-0.1, -0.05) is 26.0 Å². The van der Waals surface area contributed by atoms with E-state index in [0.29, 0.717) is 12.0 Å². The lowest BCUT2D eigenvalue weighted by Gasteiger charge is -2.34. The van der Waals surface area contributed by atoms with Gasteiger partial charge in [-0.15, -0.1) is 0 Å². The summed E-state index contributed by atoms with van der Waals surface area (Å²) in [6, 6.07) is 8.70. The van der Waals surface area contributed by atoms with Crippen molar-refractivity contribution >= 4 is 0 Å². The molecule has 1 aromatic rings. The number of hydrogen-bond donors (Lipinski definition) is 1. The van der Waals surface area contributed by atoms with Gasteiger partial charge in [-0.25, -0.2) is 0 Å². The topological polar surface area (TPSA) is 35.2 Å². The standard InChI is InChI=1S/C19H29NO/c1-13(2)14-3-5-15(6-4-14)19(20)16-7-9-17(10-8-16)21-18-11-12-18/h7-10,13-15,18-19H,3-6,11-12,20H2,1-2H3. The first-order valence-corrected chi connectivity index (χ1v) is 8.65. The van der Waals surface area contributed by atoms with Gasteiger partial charge in [0.25, 0.3) is 0 Å². The highest BCUT2D eigenvalue weighted by molar-refractivity contribution is 5.30. The molecule has 0 aromatic heterocycles. The van der Waals surface area contributed by atoms with Gasteiger partial charge in [-0.05, 0) is 74.0 Å². The zero-order valence-corrected chi connectivity index (χ0v) is 13.4. The van der Waals surface area contributed by atoms with Gasteiger partial charge in [-0.2, -0.15) is 0 Å². The molecule has 2 aliphatic rings. The van der Waals surface area contributed by atoms with Crippen LogP contribution in [-0.4, -0.2) is 6.10 Å². The number of benzene rings is 1. The Hall–Kier alpha value is -1.02. The minimum absolute atomic E-state index is 0.188. The van der Waals surface area contributed by atoms with Gasteiger partial charge in [0, 0.05) is 6.04 Å². The van der Waals surface area contributed by atoms with Crippen LogP contribution in [0.5, 0.6) is 5.75 Å². The van der Waals surface area contributed by atoms with Gasteiger partial charge in [0.05, 0.1) is 6.10 Å². The lowest BCUT2D eigenvalue weighted by atomic mass is 9.73. The van der Waals surface area contributed by atoms with E-state index in [1.165, 1.54) is 44.1 Å². The quantitative estimate of drug-likeness (QED) is 0.852.